The fourth-order valence-electron chi connectivity index (χ4n) is 1.76. The highest BCUT2D eigenvalue weighted by atomic mass is 16.5. The normalized spacial score (nSPS) is 11.7. The van der Waals surface area contributed by atoms with Crippen molar-refractivity contribution in [1.29, 1.82) is 0 Å². The van der Waals surface area contributed by atoms with Crippen LogP contribution in [0.3, 0.4) is 0 Å². The summed E-state index contributed by atoms with van der Waals surface area (Å²) in [6.07, 6.45) is 0. The maximum Gasteiger partial charge on any atom is 0.328 e. The lowest BCUT2D eigenvalue weighted by atomic mass is 10.0. The fourth-order valence-corrected chi connectivity index (χ4v) is 1.76. The van der Waals surface area contributed by atoms with Gasteiger partial charge in [0.05, 0.1) is 7.11 Å². The number of carbonyl (C=O) groups excluding carboxylic acids is 3. The molecule has 1 aromatic carbocycles. The summed E-state index contributed by atoms with van der Waals surface area (Å²) in [6.45, 7) is 5.05. The van der Waals surface area contributed by atoms with Crippen molar-refractivity contribution in [2.24, 2.45) is 5.92 Å². The van der Waals surface area contributed by atoms with Gasteiger partial charge in [-0.15, -0.1) is 0 Å². The highest BCUT2D eigenvalue weighted by molar-refractivity contribution is 5.97. The Morgan fingerprint density at radius 2 is 1.67 bits per heavy atom. The minimum absolute atomic E-state index is 0.0833. The maximum atomic E-state index is 12.1. The molecule has 0 aliphatic carbocycles. The van der Waals surface area contributed by atoms with Crippen molar-refractivity contribution in [3.63, 3.8) is 0 Å². The molecule has 0 saturated heterocycles. The van der Waals surface area contributed by atoms with Crippen molar-refractivity contribution < 1.29 is 19.1 Å². The summed E-state index contributed by atoms with van der Waals surface area (Å²) in [5, 5.41) is 5.26. The quantitative estimate of drug-likeness (QED) is 0.807. The van der Waals surface area contributed by atoms with E-state index in [1.54, 1.807) is 24.3 Å². The average molecular weight is 292 g/mol. The van der Waals surface area contributed by atoms with Crippen LogP contribution in [0, 0.1) is 5.92 Å². The van der Waals surface area contributed by atoms with Gasteiger partial charge in [-0.25, -0.2) is 4.79 Å². The molecule has 0 unspecified atom stereocenters. The number of nitrogens with one attached hydrogen (secondary N) is 2. The third-order valence-electron chi connectivity index (χ3n) is 2.88. The zero-order valence-electron chi connectivity index (χ0n) is 12.6. The second kappa shape index (κ2) is 7.42. The van der Waals surface area contributed by atoms with E-state index in [0.717, 1.165) is 0 Å². The number of amides is 2. The summed E-state index contributed by atoms with van der Waals surface area (Å²) in [7, 11) is 1.28. The molecule has 0 aliphatic rings. The summed E-state index contributed by atoms with van der Waals surface area (Å²) in [4.78, 5) is 34.6. The van der Waals surface area contributed by atoms with Crippen LogP contribution in [0.25, 0.3) is 0 Å². The van der Waals surface area contributed by atoms with Gasteiger partial charge in [0.2, 0.25) is 5.91 Å². The van der Waals surface area contributed by atoms with Crippen LogP contribution in [0.5, 0.6) is 0 Å². The van der Waals surface area contributed by atoms with Gasteiger partial charge in [-0.1, -0.05) is 13.8 Å². The molecule has 0 fully saturated rings. The number of anilines is 1. The molecule has 0 bridgehead atoms. The first-order chi connectivity index (χ1) is 9.85. The molecule has 1 aromatic rings. The van der Waals surface area contributed by atoms with Crippen LogP contribution in [0.1, 0.15) is 31.1 Å². The van der Waals surface area contributed by atoms with E-state index in [2.05, 4.69) is 15.4 Å². The minimum Gasteiger partial charge on any atom is -0.467 e. The van der Waals surface area contributed by atoms with Crippen LogP contribution >= 0.6 is 0 Å². The number of ether oxygens (including phenoxy) is 1. The van der Waals surface area contributed by atoms with Crippen LogP contribution < -0.4 is 10.6 Å². The second-order valence-electron chi connectivity index (χ2n) is 4.98. The van der Waals surface area contributed by atoms with Crippen molar-refractivity contribution in [2.75, 3.05) is 12.4 Å². The predicted octanol–water partition coefficient (Wildman–Crippen LogP) is 1.57. The zero-order chi connectivity index (χ0) is 16.0. The Labute approximate surface area is 123 Å². The van der Waals surface area contributed by atoms with Gasteiger partial charge >= 0.3 is 5.97 Å². The molecule has 0 aromatic heterocycles. The van der Waals surface area contributed by atoms with Gasteiger partial charge < -0.3 is 15.4 Å². The lowest BCUT2D eigenvalue weighted by molar-refractivity contribution is -0.144. The molecule has 0 heterocycles. The van der Waals surface area contributed by atoms with Gasteiger partial charge in [-0.3, -0.25) is 9.59 Å². The van der Waals surface area contributed by atoms with Gasteiger partial charge in [-0.2, -0.15) is 0 Å². The molecular weight excluding hydrogens is 272 g/mol. The van der Waals surface area contributed by atoms with Gasteiger partial charge in [0.25, 0.3) is 5.91 Å². The molecule has 0 spiro atoms. The summed E-state index contributed by atoms with van der Waals surface area (Å²) in [5.74, 6) is -1.11. The van der Waals surface area contributed by atoms with E-state index >= 15 is 0 Å². The lowest BCUT2D eigenvalue weighted by Gasteiger charge is -2.19. The van der Waals surface area contributed by atoms with Gasteiger partial charge in [-0.05, 0) is 30.2 Å². The van der Waals surface area contributed by atoms with Gasteiger partial charge in [0.1, 0.15) is 6.04 Å². The molecule has 1 atom stereocenters. The molecular formula is C15H20N2O4. The summed E-state index contributed by atoms with van der Waals surface area (Å²) in [5.41, 5.74) is 1.01. The molecule has 0 radical (unpaired) electrons. The van der Waals surface area contributed by atoms with Crippen LogP contribution in [0.2, 0.25) is 0 Å². The predicted molar refractivity (Wildman–Crippen MR) is 78.9 cm³/mol. The number of methoxy groups -OCH3 is 1. The van der Waals surface area contributed by atoms with E-state index < -0.39 is 12.0 Å². The third-order valence-corrected chi connectivity index (χ3v) is 2.88. The lowest BCUT2D eigenvalue weighted by Crippen LogP contribution is -2.45. The Kier molecular flexibility index (Phi) is 5.90. The monoisotopic (exact) mass is 292 g/mol. The Morgan fingerprint density at radius 1 is 1.10 bits per heavy atom. The SMILES string of the molecule is COC(=O)[C@@H](NC(=O)c1ccc(NC(C)=O)cc1)C(C)C. The van der Waals surface area contributed by atoms with Crippen molar-refractivity contribution in [2.45, 2.75) is 26.8 Å². The van der Waals surface area contributed by atoms with E-state index in [0.29, 0.717) is 11.3 Å². The molecule has 2 amide bonds. The Morgan fingerprint density at radius 3 is 2.10 bits per heavy atom. The number of esters is 1. The molecule has 114 valence electrons. The minimum atomic E-state index is -0.697. The van der Waals surface area contributed by atoms with E-state index in [1.165, 1.54) is 14.0 Å². The van der Waals surface area contributed by atoms with Crippen LogP contribution in [0.4, 0.5) is 5.69 Å². The first kappa shape index (κ1) is 16.7. The molecule has 1 rings (SSSR count). The summed E-state index contributed by atoms with van der Waals surface area (Å²) in [6, 6.07) is 5.71. The van der Waals surface area contributed by atoms with Gasteiger partial charge in [0.15, 0.2) is 0 Å². The first-order valence-electron chi connectivity index (χ1n) is 6.61. The smallest absolute Gasteiger partial charge is 0.328 e. The van der Waals surface area contributed by atoms with Gasteiger partial charge in [0, 0.05) is 18.2 Å². The standard InChI is InChI=1S/C15H20N2O4/c1-9(2)13(15(20)21-4)17-14(19)11-5-7-12(8-6-11)16-10(3)18/h5-9,13H,1-4H3,(H,16,18)(H,17,19)/t13-/m0/s1. The topological polar surface area (TPSA) is 84.5 Å². The number of hydrogen-bond acceptors (Lipinski definition) is 4. The Hall–Kier alpha value is -2.37. The fraction of sp³-hybridized carbons (Fsp3) is 0.400. The zero-order valence-corrected chi connectivity index (χ0v) is 12.6. The Bertz CT molecular complexity index is 523. The highest BCUT2D eigenvalue weighted by Gasteiger charge is 2.25. The van der Waals surface area contributed by atoms with Crippen LogP contribution in [0.15, 0.2) is 24.3 Å². The van der Waals surface area contributed by atoms with E-state index in [1.807, 2.05) is 13.8 Å². The first-order valence-corrected chi connectivity index (χ1v) is 6.61. The summed E-state index contributed by atoms with van der Waals surface area (Å²) < 4.78 is 4.67. The summed E-state index contributed by atoms with van der Waals surface area (Å²) >= 11 is 0. The Balaban J connectivity index is 2.78. The number of hydrogen-bond donors (Lipinski definition) is 2. The molecule has 21 heavy (non-hydrogen) atoms. The maximum absolute atomic E-state index is 12.1. The second-order valence-corrected chi connectivity index (χ2v) is 4.98. The van der Waals surface area contributed by atoms with E-state index in [-0.39, 0.29) is 17.7 Å². The highest BCUT2D eigenvalue weighted by Crippen LogP contribution is 2.11. The largest absolute Gasteiger partial charge is 0.467 e. The van der Waals surface area contributed by atoms with Crippen molar-refractivity contribution >= 4 is 23.5 Å². The molecule has 2 N–H and O–H groups in total. The molecule has 0 saturated carbocycles. The molecule has 6 heteroatoms. The molecule has 0 aliphatic heterocycles. The van der Waals surface area contributed by atoms with Crippen molar-refractivity contribution in [1.82, 2.24) is 5.32 Å². The van der Waals surface area contributed by atoms with Crippen LogP contribution in [-0.2, 0) is 14.3 Å². The van der Waals surface area contributed by atoms with Crippen molar-refractivity contribution in [3.05, 3.63) is 29.8 Å². The number of benzene rings is 1. The van der Waals surface area contributed by atoms with E-state index in [4.69, 9.17) is 0 Å². The van der Waals surface area contributed by atoms with E-state index in [9.17, 15) is 14.4 Å². The third kappa shape index (κ3) is 4.91. The average Bonchev–Trinajstić information content (AvgIpc) is 2.43. The number of rotatable bonds is 5. The van der Waals surface area contributed by atoms with Crippen LogP contribution in [-0.4, -0.2) is 30.9 Å². The van der Waals surface area contributed by atoms with Crippen molar-refractivity contribution in [3.8, 4) is 0 Å². The number of carbonyl (C=O) groups is 3. The molecule has 6 nitrogen and oxygen atoms in total.